The van der Waals surface area contributed by atoms with E-state index in [2.05, 4.69) is 10.3 Å². The molecule has 0 aliphatic heterocycles. The third-order valence-corrected chi connectivity index (χ3v) is 9.89. The van der Waals surface area contributed by atoms with Crippen LogP contribution in [0.5, 0.6) is 0 Å². The number of carbonyl (C=O) groups is 1. The van der Waals surface area contributed by atoms with Gasteiger partial charge in [0.15, 0.2) is 0 Å². The first-order valence-corrected chi connectivity index (χ1v) is 14.8. The number of hydrogen-bond donors (Lipinski definition) is 1. The van der Waals surface area contributed by atoms with Gasteiger partial charge in [0.25, 0.3) is 0 Å². The predicted molar refractivity (Wildman–Crippen MR) is 152 cm³/mol. The normalized spacial score (nSPS) is 23.7. The molecule has 10 heteroatoms. The van der Waals surface area contributed by atoms with Crippen LogP contribution in [0.2, 0.25) is 10.0 Å². The first-order chi connectivity index (χ1) is 19.8. The third-order valence-electron chi connectivity index (χ3n) is 9.26. The molecule has 4 fully saturated rings. The number of fused-ring (bicyclic) bond motifs is 3. The zero-order chi connectivity index (χ0) is 28.4. The Labute approximate surface area is 247 Å². The van der Waals surface area contributed by atoms with Gasteiger partial charge in [-0.1, -0.05) is 45.6 Å². The van der Waals surface area contributed by atoms with E-state index in [1.165, 1.54) is 0 Å². The summed E-state index contributed by atoms with van der Waals surface area (Å²) in [7, 11) is 0. The fourth-order valence-electron chi connectivity index (χ4n) is 6.56. The summed E-state index contributed by atoms with van der Waals surface area (Å²) in [5.41, 5.74) is 3.59. The van der Waals surface area contributed by atoms with Gasteiger partial charge >= 0.3 is 5.97 Å². The summed E-state index contributed by atoms with van der Waals surface area (Å²) in [6.45, 7) is 2.17. The fourth-order valence-corrected chi connectivity index (χ4v) is 7.14. The van der Waals surface area contributed by atoms with Gasteiger partial charge < -0.3 is 18.9 Å². The van der Waals surface area contributed by atoms with Crippen molar-refractivity contribution in [2.24, 2.45) is 0 Å². The van der Waals surface area contributed by atoms with E-state index < -0.39 is 5.97 Å². The molecule has 0 atom stereocenters. The molecule has 2 bridgehead atoms. The maximum Gasteiger partial charge on any atom is 0.335 e. The lowest BCUT2D eigenvalue weighted by Gasteiger charge is -2.51. The van der Waals surface area contributed by atoms with Crippen LogP contribution in [0.25, 0.3) is 22.6 Å². The highest BCUT2D eigenvalue weighted by atomic mass is 35.5. The van der Waals surface area contributed by atoms with Crippen LogP contribution in [-0.4, -0.2) is 32.0 Å². The minimum atomic E-state index is -0.950. The monoisotopic (exact) mass is 593 g/mol. The van der Waals surface area contributed by atoms with E-state index in [0.29, 0.717) is 51.1 Å². The number of aryl methyl sites for hydroxylation is 1. The second-order valence-corrected chi connectivity index (χ2v) is 12.6. The van der Waals surface area contributed by atoms with Crippen molar-refractivity contribution in [3.05, 3.63) is 74.8 Å². The van der Waals surface area contributed by atoms with Gasteiger partial charge in [-0.2, -0.15) is 4.98 Å². The summed E-state index contributed by atoms with van der Waals surface area (Å²) in [6.07, 6.45) is 7.54. The number of halogens is 2. The molecule has 2 aromatic heterocycles. The molecule has 8 rings (SSSR count). The van der Waals surface area contributed by atoms with Crippen molar-refractivity contribution in [1.29, 1.82) is 0 Å². The van der Waals surface area contributed by atoms with Gasteiger partial charge in [-0.05, 0) is 88.1 Å². The average molecular weight is 594 g/mol. The summed E-state index contributed by atoms with van der Waals surface area (Å²) in [5.74, 6) is 1.45. The van der Waals surface area contributed by atoms with Crippen molar-refractivity contribution in [3.63, 3.8) is 0 Å². The highest BCUT2D eigenvalue weighted by Gasteiger charge is 2.53. The molecule has 41 heavy (non-hydrogen) atoms. The van der Waals surface area contributed by atoms with Crippen molar-refractivity contribution >= 4 is 29.2 Å². The van der Waals surface area contributed by atoms with Gasteiger partial charge in [-0.25, -0.2) is 4.79 Å². The van der Waals surface area contributed by atoms with Crippen LogP contribution in [0.3, 0.4) is 0 Å². The quantitative estimate of drug-likeness (QED) is 0.218. The van der Waals surface area contributed by atoms with Crippen molar-refractivity contribution in [2.75, 3.05) is 0 Å². The molecule has 2 heterocycles. The minimum Gasteiger partial charge on any atom is -0.478 e. The van der Waals surface area contributed by atoms with E-state index in [1.807, 2.05) is 18.2 Å². The van der Waals surface area contributed by atoms with E-state index in [1.54, 1.807) is 25.1 Å². The van der Waals surface area contributed by atoms with Crippen molar-refractivity contribution in [3.8, 4) is 22.6 Å². The van der Waals surface area contributed by atoms with Gasteiger partial charge in [0.05, 0.1) is 33.2 Å². The lowest BCUT2D eigenvalue weighted by atomic mass is 9.58. The number of nitrogens with zero attached hydrogens (tertiary/aromatic N) is 3. The summed E-state index contributed by atoms with van der Waals surface area (Å²) in [4.78, 5) is 16.2. The first kappa shape index (κ1) is 26.7. The van der Waals surface area contributed by atoms with Crippen molar-refractivity contribution in [2.45, 2.75) is 81.8 Å². The number of carboxylic acids is 1. The zero-order valence-corrected chi connectivity index (χ0v) is 24.1. The van der Waals surface area contributed by atoms with Crippen molar-refractivity contribution in [1.82, 2.24) is 15.3 Å². The van der Waals surface area contributed by atoms with Crippen LogP contribution in [0.1, 0.15) is 90.4 Å². The predicted octanol–water partition coefficient (Wildman–Crippen LogP) is 8.14. The van der Waals surface area contributed by atoms with E-state index in [4.69, 9.17) is 42.0 Å². The maximum atomic E-state index is 11.4. The van der Waals surface area contributed by atoms with Crippen molar-refractivity contribution < 1.29 is 23.7 Å². The van der Waals surface area contributed by atoms with Gasteiger partial charge in [0.2, 0.25) is 11.7 Å². The molecule has 4 aliphatic carbocycles. The largest absolute Gasteiger partial charge is 0.478 e. The molecule has 1 N–H and O–H groups in total. The number of aromatic nitrogens is 3. The number of benzene rings is 2. The lowest BCUT2D eigenvalue weighted by Crippen LogP contribution is -2.49. The molecule has 0 unspecified atom stereocenters. The first-order valence-electron chi connectivity index (χ1n) is 14.0. The van der Waals surface area contributed by atoms with E-state index >= 15 is 0 Å². The molecule has 4 saturated carbocycles. The second kappa shape index (κ2) is 9.96. The molecule has 4 aromatic rings. The summed E-state index contributed by atoms with van der Waals surface area (Å²) >= 11 is 13.1. The number of rotatable bonds is 8. The van der Waals surface area contributed by atoms with E-state index in [0.717, 1.165) is 68.3 Å². The van der Waals surface area contributed by atoms with Crippen LogP contribution in [0.4, 0.5) is 0 Å². The average Bonchev–Trinajstić information content (AvgIpc) is 3.53. The molecular formula is C31H29Cl2N3O5. The molecule has 8 nitrogen and oxygen atoms in total. The second-order valence-electron chi connectivity index (χ2n) is 11.8. The number of carboxylic acid groups (broad SMARTS) is 1. The van der Waals surface area contributed by atoms with Crippen LogP contribution in [0.15, 0.2) is 45.4 Å². The molecule has 0 saturated heterocycles. The Morgan fingerprint density at radius 3 is 2.37 bits per heavy atom. The van der Waals surface area contributed by atoms with Crippen LogP contribution in [-0.2, 0) is 16.8 Å². The summed E-state index contributed by atoms with van der Waals surface area (Å²) < 4.78 is 18.4. The fraction of sp³-hybridized carbons (Fsp3) is 0.419. The zero-order valence-electron chi connectivity index (χ0n) is 22.6. The number of aromatic carboxylic acids is 1. The highest BCUT2D eigenvalue weighted by Crippen LogP contribution is 2.55. The minimum absolute atomic E-state index is 0.168. The molecular weight excluding hydrogens is 565 g/mol. The number of ether oxygens (including phenoxy) is 1. The van der Waals surface area contributed by atoms with Gasteiger partial charge in [-0.15, -0.1) is 0 Å². The smallest absolute Gasteiger partial charge is 0.335 e. The Balaban J connectivity index is 1.08. The molecule has 0 spiro atoms. The Morgan fingerprint density at radius 1 is 1.02 bits per heavy atom. The molecule has 4 aliphatic rings. The molecule has 0 radical (unpaired) electrons. The highest BCUT2D eigenvalue weighted by molar-refractivity contribution is 6.39. The maximum absolute atomic E-state index is 11.4. The summed E-state index contributed by atoms with van der Waals surface area (Å²) in [6, 6.07) is 10.6. The SMILES string of the molecule is Cc1cc(-c2noc(C34CCC(OCc5c(-c6c(Cl)cccc6Cl)noc5C5CC5)(CC3)CC4)n2)ccc1C(=O)O. The number of hydrogen-bond acceptors (Lipinski definition) is 7. The van der Waals surface area contributed by atoms with Crippen LogP contribution < -0.4 is 0 Å². The standard InChI is InChI=1S/C31H29Cl2N3O5/c1-17-15-19(7-8-20(17)28(37)38)27-34-29(41-36-27)30-9-12-31(13-10-30,14-11-30)39-16-21-25(35-40-26(21)18-5-6-18)24-22(32)3-2-4-23(24)33/h2-4,7-8,15,18H,5-6,9-14,16H2,1H3,(H,37,38). The topological polar surface area (TPSA) is 111 Å². The Kier molecular flexibility index (Phi) is 6.48. The van der Waals surface area contributed by atoms with Crippen LogP contribution >= 0.6 is 23.2 Å². The van der Waals surface area contributed by atoms with E-state index in [9.17, 15) is 9.90 Å². The summed E-state index contributed by atoms with van der Waals surface area (Å²) in [5, 5.41) is 19.1. The Hall–Kier alpha value is -3.20. The Bertz CT molecular complexity index is 1610. The van der Waals surface area contributed by atoms with E-state index in [-0.39, 0.29) is 16.6 Å². The third kappa shape index (κ3) is 4.66. The van der Waals surface area contributed by atoms with Gasteiger partial charge in [0.1, 0.15) is 11.5 Å². The molecule has 2 aromatic carbocycles. The van der Waals surface area contributed by atoms with Gasteiger partial charge in [0, 0.05) is 22.6 Å². The molecule has 212 valence electrons. The Morgan fingerprint density at radius 2 is 1.73 bits per heavy atom. The van der Waals surface area contributed by atoms with Crippen LogP contribution in [0, 0.1) is 6.92 Å². The molecule has 0 amide bonds. The lowest BCUT2D eigenvalue weighted by molar-refractivity contribution is -0.130. The van der Waals surface area contributed by atoms with Gasteiger partial charge in [-0.3, -0.25) is 0 Å².